The lowest BCUT2D eigenvalue weighted by molar-refractivity contribution is -0.122. The zero-order valence-corrected chi connectivity index (χ0v) is 18.5. The Balaban J connectivity index is 1.76. The summed E-state index contributed by atoms with van der Waals surface area (Å²) in [5.41, 5.74) is 2.79. The van der Waals surface area contributed by atoms with Crippen LogP contribution in [0, 0.1) is 19.7 Å². The van der Waals surface area contributed by atoms with Crippen LogP contribution in [-0.4, -0.2) is 22.4 Å². The molecule has 0 atom stereocenters. The SMILES string of the molecule is Cc1cc(/C=C2\C(=O)NC(=O)N(c3ccc(Cl)cc3)C2=O)c(C)n1-c1ccc(F)c(Cl)c1. The number of anilines is 1. The first-order chi connectivity index (χ1) is 15.2. The van der Waals surface area contributed by atoms with Crippen molar-refractivity contribution in [2.75, 3.05) is 4.90 Å². The van der Waals surface area contributed by atoms with Gasteiger partial charge in [0.1, 0.15) is 11.4 Å². The number of urea groups is 1. The number of hydrogen-bond acceptors (Lipinski definition) is 3. The van der Waals surface area contributed by atoms with Gasteiger partial charge in [-0.15, -0.1) is 0 Å². The second kappa shape index (κ2) is 8.26. The third-order valence-electron chi connectivity index (χ3n) is 5.12. The molecule has 1 saturated heterocycles. The van der Waals surface area contributed by atoms with Crippen molar-refractivity contribution >= 4 is 52.8 Å². The molecule has 1 aliphatic heterocycles. The normalized spacial score (nSPS) is 15.5. The fourth-order valence-electron chi connectivity index (χ4n) is 3.59. The van der Waals surface area contributed by atoms with Gasteiger partial charge in [0.2, 0.25) is 0 Å². The van der Waals surface area contributed by atoms with Gasteiger partial charge in [0.15, 0.2) is 0 Å². The molecule has 0 spiro atoms. The number of amides is 4. The van der Waals surface area contributed by atoms with Crippen molar-refractivity contribution in [2.24, 2.45) is 0 Å². The van der Waals surface area contributed by atoms with Crippen LogP contribution in [-0.2, 0) is 9.59 Å². The van der Waals surface area contributed by atoms with E-state index < -0.39 is 23.7 Å². The number of halogens is 3. The Morgan fingerprint density at radius 2 is 1.59 bits per heavy atom. The molecular formula is C23H16Cl2FN3O3. The minimum Gasteiger partial charge on any atom is -0.318 e. The highest BCUT2D eigenvalue weighted by atomic mass is 35.5. The van der Waals surface area contributed by atoms with E-state index in [1.165, 1.54) is 30.3 Å². The Bertz CT molecular complexity index is 1310. The molecule has 0 saturated carbocycles. The highest BCUT2D eigenvalue weighted by Crippen LogP contribution is 2.28. The number of rotatable bonds is 3. The van der Waals surface area contributed by atoms with E-state index in [2.05, 4.69) is 5.32 Å². The average molecular weight is 472 g/mol. The van der Waals surface area contributed by atoms with Crippen molar-refractivity contribution in [1.29, 1.82) is 0 Å². The van der Waals surface area contributed by atoms with Gasteiger partial charge < -0.3 is 4.57 Å². The molecule has 0 unspecified atom stereocenters. The van der Waals surface area contributed by atoms with E-state index in [9.17, 15) is 18.8 Å². The van der Waals surface area contributed by atoms with Gasteiger partial charge in [-0.2, -0.15) is 0 Å². The van der Waals surface area contributed by atoms with Crippen LogP contribution in [0.2, 0.25) is 10.0 Å². The van der Waals surface area contributed by atoms with Gasteiger partial charge in [0.05, 0.1) is 10.7 Å². The van der Waals surface area contributed by atoms with Crippen LogP contribution in [0.3, 0.4) is 0 Å². The smallest absolute Gasteiger partial charge is 0.318 e. The first-order valence-corrected chi connectivity index (χ1v) is 10.2. The molecule has 2 aromatic carbocycles. The van der Waals surface area contributed by atoms with Crippen molar-refractivity contribution < 1.29 is 18.8 Å². The van der Waals surface area contributed by atoms with Gasteiger partial charge in [0, 0.05) is 22.1 Å². The Morgan fingerprint density at radius 1 is 0.938 bits per heavy atom. The molecule has 0 aliphatic carbocycles. The molecule has 4 amide bonds. The summed E-state index contributed by atoms with van der Waals surface area (Å²) in [6.45, 7) is 3.63. The topological polar surface area (TPSA) is 71.4 Å². The molecule has 32 heavy (non-hydrogen) atoms. The van der Waals surface area contributed by atoms with Crippen molar-refractivity contribution in [3.8, 4) is 5.69 Å². The van der Waals surface area contributed by atoms with Crippen LogP contribution >= 0.6 is 23.2 Å². The molecule has 1 aliphatic rings. The Labute approximate surface area is 192 Å². The van der Waals surface area contributed by atoms with Crippen LogP contribution < -0.4 is 10.2 Å². The molecule has 162 valence electrons. The van der Waals surface area contributed by atoms with Crippen molar-refractivity contribution in [1.82, 2.24) is 9.88 Å². The average Bonchev–Trinajstić information content (AvgIpc) is 3.01. The number of carbonyl (C=O) groups excluding carboxylic acids is 3. The maximum Gasteiger partial charge on any atom is 0.335 e. The quantitative estimate of drug-likeness (QED) is 0.421. The predicted octanol–water partition coefficient (Wildman–Crippen LogP) is 5.21. The molecule has 1 aromatic heterocycles. The van der Waals surface area contributed by atoms with Crippen molar-refractivity contribution in [3.63, 3.8) is 0 Å². The number of aryl methyl sites for hydroxylation is 1. The highest BCUT2D eigenvalue weighted by molar-refractivity contribution is 6.39. The summed E-state index contributed by atoms with van der Waals surface area (Å²) in [7, 11) is 0. The third-order valence-corrected chi connectivity index (χ3v) is 5.66. The van der Waals surface area contributed by atoms with Crippen LogP contribution in [0.1, 0.15) is 17.0 Å². The standard InChI is InChI=1S/C23H16Cl2FN3O3/c1-12-9-14(13(2)28(12)17-7-8-20(26)19(25)11-17)10-18-21(30)27-23(32)29(22(18)31)16-5-3-15(24)4-6-16/h3-11H,1-2H3,(H,27,30,32)/b18-10+. The Morgan fingerprint density at radius 3 is 2.25 bits per heavy atom. The van der Waals surface area contributed by atoms with E-state index >= 15 is 0 Å². The summed E-state index contributed by atoms with van der Waals surface area (Å²) >= 11 is 11.8. The first-order valence-electron chi connectivity index (χ1n) is 9.49. The number of nitrogens with one attached hydrogen (secondary N) is 1. The maximum absolute atomic E-state index is 13.6. The molecule has 0 bridgehead atoms. The van der Waals surface area contributed by atoms with Gasteiger partial charge in [0.25, 0.3) is 11.8 Å². The van der Waals surface area contributed by atoms with Crippen LogP contribution in [0.15, 0.2) is 54.1 Å². The number of nitrogens with zero attached hydrogens (tertiary/aromatic N) is 2. The van der Waals surface area contributed by atoms with Crippen molar-refractivity contribution in [2.45, 2.75) is 13.8 Å². The van der Waals surface area contributed by atoms with Crippen LogP contribution in [0.25, 0.3) is 11.8 Å². The largest absolute Gasteiger partial charge is 0.335 e. The van der Waals surface area contributed by atoms with Gasteiger partial charge in [-0.25, -0.2) is 14.1 Å². The number of hydrogen-bond donors (Lipinski definition) is 1. The highest BCUT2D eigenvalue weighted by Gasteiger charge is 2.37. The van der Waals surface area contributed by atoms with Gasteiger partial charge >= 0.3 is 6.03 Å². The molecule has 6 nitrogen and oxygen atoms in total. The Kier molecular flexibility index (Phi) is 5.62. The minimum absolute atomic E-state index is 0.0196. The monoisotopic (exact) mass is 471 g/mol. The lowest BCUT2D eigenvalue weighted by atomic mass is 10.1. The van der Waals surface area contributed by atoms with E-state index in [1.807, 2.05) is 11.5 Å². The number of carbonyl (C=O) groups is 3. The van der Waals surface area contributed by atoms with Crippen LogP contribution in [0.4, 0.5) is 14.9 Å². The molecule has 9 heteroatoms. The lowest BCUT2D eigenvalue weighted by Crippen LogP contribution is -2.54. The van der Waals surface area contributed by atoms with E-state index in [4.69, 9.17) is 23.2 Å². The summed E-state index contributed by atoms with van der Waals surface area (Å²) < 4.78 is 15.4. The fourth-order valence-corrected chi connectivity index (χ4v) is 3.89. The summed E-state index contributed by atoms with van der Waals surface area (Å²) in [5.74, 6) is -2.08. The summed E-state index contributed by atoms with van der Waals surface area (Å²) in [4.78, 5) is 38.8. The van der Waals surface area contributed by atoms with E-state index in [1.54, 1.807) is 31.2 Å². The molecule has 1 fully saturated rings. The number of benzene rings is 2. The lowest BCUT2D eigenvalue weighted by Gasteiger charge is -2.26. The molecule has 1 N–H and O–H groups in total. The van der Waals surface area contributed by atoms with E-state index in [-0.39, 0.29) is 16.3 Å². The zero-order valence-electron chi connectivity index (χ0n) is 16.9. The predicted molar refractivity (Wildman–Crippen MR) is 121 cm³/mol. The number of imide groups is 2. The molecule has 3 aromatic rings. The zero-order chi connectivity index (χ0) is 23.2. The Hall–Kier alpha value is -3.42. The molecular weight excluding hydrogens is 456 g/mol. The second-order valence-electron chi connectivity index (χ2n) is 7.19. The van der Waals surface area contributed by atoms with Gasteiger partial charge in [-0.3, -0.25) is 14.9 Å². The first kappa shape index (κ1) is 21.8. The summed E-state index contributed by atoms with van der Waals surface area (Å²) in [5, 5.41) is 2.61. The van der Waals surface area contributed by atoms with E-state index in [0.717, 1.165) is 10.6 Å². The molecule has 4 rings (SSSR count). The van der Waals surface area contributed by atoms with E-state index in [0.29, 0.717) is 22.0 Å². The van der Waals surface area contributed by atoms with Gasteiger partial charge in [-0.05, 0) is 74.0 Å². The molecule has 2 heterocycles. The maximum atomic E-state index is 13.6. The number of aromatic nitrogens is 1. The second-order valence-corrected chi connectivity index (χ2v) is 8.04. The van der Waals surface area contributed by atoms with Crippen LogP contribution in [0.5, 0.6) is 0 Å². The number of barbiturate groups is 1. The third kappa shape index (κ3) is 3.81. The van der Waals surface area contributed by atoms with Gasteiger partial charge in [-0.1, -0.05) is 23.2 Å². The summed E-state index contributed by atoms with van der Waals surface area (Å²) in [6.07, 6.45) is 1.43. The summed E-state index contributed by atoms with van der Waals surface area (Å²) in [6, 6.07) is 11.4. The fraction of sp³-hybridized carbons (Fsp3) is 0.0870. The molecule has 0 radical (unpaired) electrons. The van der Waals surface area contributed by atoms with Crippen molar-refractivity contribution in [3.05, 3.63) is 86.9 Å². The minimum atomic E-state index is -0.842.